The molecule has 7 heteroatoms. The van der Waals surface area contributed by atoms with Gasteiger partial charge in [0, 0.05) is 5.33 Å². The predicted octanol–water partition coefficient (Wildman–Crippen LogP) is 1.28. The van der Waals surface area contributed by atoms with Crippen LogP contribution in [0.3, 0.4) is 0 Å². The van der Waals surface area contributed by atoms with E-state index in [1.165, 1.54) is 6.07 Å². The first-order valence-electron chi connectivity index (χ1n) is 3.99. The second kappa shape index (κ2) is 4.55. The molecule has 0 amide bonds. The van der Waals surface area contributed by atoms with Crippen molar-refractivity contribution in [2.45, 2.75) is 11.5 Å². The molecule has 0 atom stereocenters. The lowest BCUT2D eigenvalue weighted by Gasteiger charge is -2.14. The van der Waals surface area contributed by atoms with Crippen LogP contribution in [0.2, 0.25) is 0 Å². The van der Waals surface area contributed by atoms with Gasteiger partial charge < -0.3 is 10.0 Å². The van der Waals surface area contributed by atoms with Gasteiger partial charge in [0.15, 0.2) is 0 Å². The summed E-state index contributed by atoms with van der Waals surface area (Å²) in [6.45, 7) is 0. The molecule has 0 saturated heterocycles. The molecule has 0 spiro atoms. The molecule has 0 aliphatic rings. The first-order chi connectivity index (χ1) is 6.88. The molecule has 2 nitrogen and oxygen atoms in total. The first-order valence-corrected chi connectivity index (χ1v) is 5.11. The molecule has 1 rings (SSSR count). The van der Waals surface area contributed by atoms with Crippen LogP contribution in [0.25, 0.3) is 0 Å². The summed E-state index contributed by atoms with van der Waals surface area (Å²) in [6, 6.07) is 3.29. The van der Waals surface area contributed by atoms with E-state index in [4.69, 9.17) is 10.0 Å². The Hall–Kier alpha value is -0.525. The third kappa shape index (κ3) is 2.73. The molecule has 0 fully saturated rings. The lowest BCUT2D eigenvalue weighted by Crippen LogP contribution is -2.34. The molecule has 0 aliphatic carbocycles. The highest BCUT2D eigenvalue weighted by Gasteiger charge is 2.34. The van der Waals surface area contributed by atoms with Crippen LogP contribution in [0, 0.1) is 0 Å². The molecule has 0 bridgehead atoms. The Bertz CT molecular complexity index is 354. The monoisotopic (exact) mass is 282 g/mol. The first kappa shape index (κ1) is 12.5. The van der Waals surface area contributed by atoms with Crippen LogP contribution in [0.5, 0.6) is 0 Å². The number of benzene rings is 1. The van der Waals surface area contributed by atoms with E-state index in [9.17, 15) is 13.2 Å². The van der Waals surface area contributed by atoms with E-state index in [1.807, 2.05) is 0 Å². The van der Waals surface area contributed by atoms with Gasteiger partial charge in [0.25, 0.3) is 0 Å². The van der Waals surface area contributed by atoms with Crippen LogP contribution < -0.4 is 5.46 Å². The van der Waals surface area contributed by atoms with Crippen LogP contribution in [0.4, 0.5) is 13.2 Å². The number of halogens is 4. The van der Waals surface area contributed by atoms with Crippen molar-refractivity contribution >= 4 is 28.5 Å². The van der Waals surface area contributed by atoms with Crippen molar-refractivity contribution in [1.82, 2.24) is 0 Å². The highest BCUT2D eigenvalue weighted by molar-refractivity contribution is 9.08. The highest BCUT2D eigenvalue weighted by atomic mass is 79.9. The zero-order valence-electron chi connectivity index (χ0n) is 7.42. The standard InChI is InChI=1S/C8H7BBrF3O2/c10-4-5-6(8(11,12)13)2-1-3-7(5)9(14)15/h1-3,14-15H,4H2. The summed E-state index contributed by atoms with van der Waals surface area (Å²) < 4.78 is 37.5. The van der Waals surface area contributed by atoms with Crippen molar-refractivity contribution in [3.05, 3.63) is 29.3 Å². The largest absolute Gasteiger partial charge is 0.488 e. The van der Waals surface area contributed by atoms with Crippen molar-refractivity contribution in [1.29, 1.82) is 0 Å². The zero-order valence-corrected chi connectivity index (χ0v) is 9.01. The lowest BCUT2D eigenvalue weighted by molar-refractivity contribution is -0.138. The van der Waals surface area contributed by atoms with Crippen molar-refractivity contribution < 1.29 is 23.2 Å². The summed E-state index contributed by atoms with van der Waals surface area (Å²) in [5.74, 6) is 0. The number of alkyl halides is 4. The quantitative estimate of drug-likeness (QED) is 0.634. The summed E-state index contributed by atoms with van der Waals surface area (Å²) in [5.41, 5.74) is -1.15. The molecule has 1 aromatic carbocycles. The van der Waals surface area contributed by atoms with Gasteiger partial charge >= 0.3 is 13.3 Å². The third-order valence-electron chi connectivity index (χ3n) is 1.93. The van der Waals surface area contributed by atoms with E-state index >= 15 is 0 Å². The Kier molecular flexibility index (Phi) is 3.80. The van der Waals surface area contributed by atoms with Crippen LogP contribution in [-0.4, -0.2) is 17.2 Å². The third-order valence-corrected chi connectivity index (χ3v) is 2.49. The molecule has 0 radical (unpaired) electrons. The van der Waals surface area contributed by atoms with E-state index in [0.29, 0.717) is 0 Å². The Morgan fingerprint density at radius 3 is 2.27 bits per heavy atom. The zero-order chi connectivity index (χ0) is 11.6. The van der Waals surface area contributed by atoms with Crippen molar-refractivity contribution in [2.24, 2.45) is 0 Å². The molecule has 0 aromatic heterocycles. The van der Waals surface area contributed by atoms with E-state index < -0.39 is 18.9 Å². The van der Waals surface area contributed by atoms with Gasteiger partial charge in [-0.05, 0) is 17.1 Å². The number of hydrogen-bond acceptors (Lipinski definition) is 2. The van der Waals surface area contributed by atoms with Crippen molar-refractivity contribution in [3.63, 3.8) is 0 Å². The van der Waals surface area contributed by atoms with E-state index in [1.54, 1.807) is 0 Å². The molecule has 0 unspecified atom stereocenters. The molecular formula is C8H7BBrF3O2. The number of rotatable bonds is 2. The van der Waals surface area contributed by atoms with Crippen LogP contribution in [-0.2, 0) is 11.5 Å². The number of hydrogen-bond donors (Lipinski definition) is 2. The smallest absolute Gasteiger partial charge is 0.423 e. The van der Waals surface area contributed by atoms with E-state index in [-0.39, 0.29) is 16.4 Å². The Morgan fingerprint density at radius 2 is 1.87 bits per heavy atom. The summed E-state index contributed by atoms with van der Waals surface area (Å²) >= 11 is 2.90. The predicted molar refractivity (Wildman–Crippen MR) is 53.9 cm³/mol. The molecular weight excluding hydrogens is 276 g/mol. The molecule has 0 heterocycles. The fraction of sp³-hybridized carbons (Fsp3) is 0.250. The summed E-state index contributed by atoms with van der Waals surface area (Å²) in [6.07, 6.45) is -4.49. The Labute approximate surface area is 93.0 Å². The van der Waals surface area contributed by atoms with Gasteiger partial charge in [-0.15, -0.1) is 0 Å². The minimum absolute atomic E-state index is 0.0877. The van der Waals surface area contributed by atoms with Crippen LogP contribution >= 0.6 is 15.9 Å². The molecule has 82 valence electrons. The Morgan fingerprint density at radius 1 is 1.27 bits per heavy atom. The van der Waals surface area contributed by atoms with Gasteiger partial charge in [-0.2, -0.15) is 13.2 Å². The minimum atomic E-state index is -4.49. The summed E-state index contributed by atoms with van der Waals surface area (Å²) in [5, 5.41) is 17.7. The second-order valence-corrected chi connectivity index (χ2v) is 3.44. The van der Waals surface area contributed by atoms with E-state index in [0.717, 1.165) is 12.1 Å². The molecule has 1 aromatic rings. The lowest BCUT2D eigenvalue weighted by atomic mass is 9.76. The molecule has 0 aliphatic heterocycles. The fourth-order valence-electron chi connectivity index (χ4n) is 1.26. The van der Waals surface area contributed by atoms with Gasteiger partial charge in [0.2, 0.25) is 0 Å². The van der Waals surface area contributed by atoms with E-state index in [2.05, 4.69) is 15.9 Å². The van der Waals surface area contributed by atoms with Gasteiger partial charge in [-0.25, -0.2) is 0 Å². The van der Waals surface area contributed by atoms with Gasteiger partial charge in [0.05, 0.1) is 5.56 Å². The van der Waals surface area contributed by atoms with Crippen molar-refractivity contribution in [2.75, 3.05) is 0 Å². The molecule has 2 N–H and O–H groups in total. The van der Waals surface area contributed by atoms with Crippen LogP contribution in [0.1, 0.15) is 11.1 Å². The highest BCUT2D eigenvalue weighted by Crippen LogP contribution is 2.32. The van der Waals surface area contributed by atoms with Crippen molar-refractivity contribution in [3.8, 4) is 0 Å². The second-order valence-electron chi connectivity index (χ2n) is 2.88. The maximum Gasteiger partial charge on any atom is 0.488 e. The SMILES string of the molecule is OB(O)c1cccc(C(F)(F)F)c1CBr. The normalized spacial score (nSPS) is 11.6. The average molecular weight is 283 g/mol. The molecule has 15 heavy (non-hydrogen) atoms. The van der Waals surface area contributed by atoms with Gasteiger partial charge in [-0.3, -0.25) is 0 Å². The maximum absolute atomic E-state index is 12.5. The fourth-order valence-corrected chi connectivity index (χ4v) is 1.89. The minimum Gasteiger partial charge on any atom is -0.423 e. The van der Waals surface area contributed by atoms with Crippen LogP contribution in [0.15, 0.2) is 18.2 Å². The average Bonchev–Trinajstić information content (AvgIpc) is 2.15. The molecule has 0 saturated carbocycles. The van der Waals surface area contributed by atoms with Gasteiger partial charge in [0.1, 0.15) is 0 Å². The Balaban J connectivity index is 3.35. The summed E-state index contributed by atoms with van der Waals surface area (Å²) in [4.78, 5) is 0. The maximum atomic E-state index is 12.5. The topological polar surface area (TPSA) is 40.5 Å². The van der Waals surface area contributed by atoms with Gasteiger partial charge in [-0.1, -0.05) is 28.1 Å². The summed E-state index contributed by atoms with van der Waals surface area (Å²) in [7, 11) is -1.90.